The van der Waals surface area contributed by atoms with Crippen LogP contribution in [0, 0.1) is 6.92 Å². The molecule has 3 rings (SSSR count). The van der Waals surface area contributed by atoms with Gasteiger partial charge in [0.05, 0.1) is 0 Å². The summed E-state index contributed by atoms with van der Waals surface area (Å²) >= 11 is 0. The number of hydrogen-bond donors (Lipinski definition) is 1. The summed E-state index contributed by atoms with van der Waals surface area (Å²) in [6.45, 7) is 1.88. The number of H-pyrrole nitrogens is 1. The number of aryl methyl sites for hydroxylation is 1. The molecule has 4 heteroatoms. The summed E-state index contributed by atoms with van der Waals surface area (Å²) < 4.78 is 5.25. The summed E-state index contributed by atoms with van der Waals surface area (Å²) in [5, 5.41) is 7.51. The first-order valence-corrected chi connectivity index (χ1v) is 5.30. The highest BCUT2D eigenvalue weighted by Crippen LogP contribution is 2.22. The molecule has 2 aromatic heterocycles. The van der Waals surface area contributed by atoms with Gasteiger partial charge in [0, 0.05) is 16.6 Å². The van der Waals surface area contributed by atoms with Gasteiger partial charge in [-0.2, -0.15) is 5.10 Å². The minimum atomic E-state index is -0.411. The van der Waals surface area contributed by atoms with Crippen molar-refractivity contribution in [2.75, 3.05) is 0 Å². The van der Waals surface area contributed by atoms with Gasteiger partial charge >= 0.3 is 5.63 Å². The molecule has 0 radical (unpaired) electrons. The van der Waals surface area contributed by atoms with Gasteiger partial charge in [-0.15, -0.1) is 0 Å². The van der Waals surface area contributed by atoms with Crippen LogP contribution in [0.4, 0.5) is 0 Å². The van der Waals surface area contributed by atoms with Crippen LogP contribution in [0.1, 0.15) is 5.69 Å². The van der Waals surface area contributed by atoms with E-state index in [4.69, 9.17) is 4.42 Å². The normalized spacial score (nSPS) is 10.9. The first kappa shape index (κ1) is 9.84. The van der Waals surface area contributed by atoms with Gasteiger partial charge in [0.25, 0.3) is 0 Å². The Balaban J connectivity index is 2.32. The predicted molar refractivity (Wildman–Crippen MR) is 64.8 cm³/mol. The molecule has 0 aliphatic rings. The summed E-state index contributed by atoms with van der Waals surface area (Å²) in [5.74, 6) is 0.563. The molecule has 0 aliphatic carbocycles. The predicted octanol–water partition coefficient (Wildman–Crippen LogP) is 2.49. The first-order valence-electron chi connectivity index (χ1n) is 5.30. The molecule has 0 saturated carbocycles. The number of benzene rings is 1. The molecular formula is C13H10N2O2. The van der Waals surface area contributed by atoms with Gasteiger partial charge in [0.15, 0.2) is 5.52 Å². The second-order valence-corrected chi connectivity index (χ2v) is 3.88. The van der Waals surface area contributed by atoms with Crippen LogP contribution in [0.5, 0.6) is 0 Å². The van der Waals surface area contributed by atoms with E-state index in [1.807, 2.05) is 43.3 Å². The van der Waals surface area contributed by atoms with Crippen molar-refractivity contribution in [2.45, 2.75) is 6.92 Å². The van der Waals surface area contributed by atoms with Gasteiger partial charge in [0.2, 0.25) is 0 Å². The third-order valence-electron chi connectivity index (χ3n) is 2.72. The molecule has 0 atom stereocenters. The second kappa shape index (κ2) is 3.59. The van der Waals surface area contributed by atoms with Crippen molar-refractivity contribution >= 4 is 10.9 Å². The third-order valence-corrected chi connectivity index (χ3v) is 2.72. The Bertz CT molecular complexity index is 726. The molecule has 0 unspecified atom stereocenters. The quantitative estimate of drug-likeness (QED) is 0.693. The van der Waals surface area contributed by atoms with Gasteiger partial charge < -0.3 is 4.42 Å². The molecular weight excluding hydrogens is 216 g/mol. The van der Waals surface area contributed by atoms with E-state index >= 15 is 0 Å². The minimum absolute atomic E-state index is 0.349. The Morgan fingerprint density at radius 1 is 1.24 bits per heavy atom. The Hall–Kier alpha value is -2.36. The van der Waals surface area contributed by atoms with Crippen molar-refractivity contribution in [2.24, 2.45) is 0 Å². The molecule has 0 spiro atoms. The molecule has 0 fully saturated rings. The summed E-state index contributed by atoms with van der Waals surface area (Å²) in [5.41, 5.74) is 1.69. The van der Waals surface area contributed by atoms with E-state index < -0.39 is 5.63 Å². The summed E-state index contributed by atoms with van der Waals surface area (Å²) in [6, 6.07) is 11.4. The van der Waals surface area contributed by atoms with Crippen molar-refractivity contribution < 1.29 is 4.42 Å². The van der Waals surface area contributed by atoms with Crippen molar-refractivity contribution in [1.29, 1.82) is 0 Å². The summed E-state index contributed by atoms with van der Waals surface area (Å²) in [4.78, 5) is 11.7. The highest BCUT2D eigenvalue weighted by molar-refractivity contribution is 5.83. The molecule has 2 heterocycles. The lowest BCUT2D eigenvalue weighted by atomic mass is 10.1. The zero-order valence-corrected chi connectivity index (χ0v) is 9.23. The first-order chi connectivity index (χ1) is 8.25. The van der Waals surface area contributed by atoms with E-state index in [2.05, 4.69) is 10.2 Å². The lowest BCUT2D eigenvalue weighted by Crippen LogP contribution is -2.00. The third kappa shape index (κ3) is 1.54. The van der Waals surface area contributed by atoms with Crippen LogP contribution in [-0.2, 0) is 0 Å². The highest BCUT2D eigenvalue weighted by atomic mass is 16.4. The fraction of sp³-hybridized carbons (Fsp3) is 0.0769. The van der Waals surface area contributed by atoms with Crippen LogP contribution < -0.4 is 5.63 Å². The number of rotatable bonds is 1. The molecule has 84 valence electrons. The number of fused-ring (bicyclic) bond motifs is 1. The fourth-order valence-corrected chi connectivity index (χ4v) is 1.82. The minimum Gasteiger partial charge on any atom is -0.421 e. The van der Waals surface area contributed by atoms with Crippen LogP contribution in [0.25, 0.3) is 22.2 Å². The average molecular weight is 226 g/mol. The monoisotopic (exact) mass is 226 g/mol. The molecule has 0 saturated heterocycles. The number of aromatic amines is 1. The van der Waals surface area contributed by atoms with E-state index in [0.717, 1.165) is 16.6 Å². The lowest BCUT2D eigenvalue weighted by Gasteiger charge is -1.99. The number of aromatic nitrogens is 2. The fourth-order valence-electron chi connectivity index (χ4n) is 1.82. The largest absolute Gasteiger partial charge is 0.421 e. The SMILES string of the molecule is Cc1[nH]nc2c(=O)oc(-c3ccccc3)cc12. The van der Waals surface area contributed by atoms with Gasteiger partial charge in [-0.1, -0.05) is 30.3 Å². The standard InChI is InChI=1S/C13H10N2O2/c1-8-10-7-11(9-5-3-2-4-6-9)17-13(16)12(10)15-14-8/h2-7H,1H3,(H,14,15). The Morgan fingerprint density at radius 3 is 2.76 bits per heavy atom. The topological polar surface area (TPSA) is 58.9 Å². The summed E-state index contributed by atoms with van der Waals surface area (Å²) in [7, 11) is 0. The van der Waals surface area contributed by atoms with Crippen molar-refractivity contribution in [3.05, 3.63) is 52.5 Å². The average Bonchev–Trinajstić information content (AvgIpc) is 2.73. The molecule has 3 aromatic rings. The van der Waals surface area contributed by atoms with Crippen LogP contribution in [0.15, 0.2) is 45.6 Å². The Morgan fingerprint density at radius 2 is 2.00 bits per heavy atom. The maximum Gasteiger partial charge on any atom is 0.364 e. The van der Waals surface area contributed by atoms with Crippen molar-refractivity contribution in [3.8, 4) is 11.3 Å². The molecule has 0 aliphatic heterocycles. The molecule has 4 nitrogen and oxygen atoms in total. The van der Waals surface area contributed by atoms with Crippen LogP contribution in [0.3, 0.4) is 0 Å². The van der Waals surface area contributed by atoms with E-state index in [0.29, 0.717) is 11.3 Å². The lowest BCUT2D eigenvalue weighted by molar-refractivity contribution is 0.533. The summed E-state index contributed by atoms with van der Waals surface area (Å²) in [6.07, 6.45) is 0. The van der Waals surface area contributed by atoms with Gasteiger partial charge in [-0.25, -0.2) is 4.79 Å². The smallest absolute Gasteiger partial charge is 0.364 e. The maximum atomic E-state index is 11.7. The van der Waals surface area contributed by atoms with E-state index in [1.54, 1.807) is 0 Å². The highest BCUT2D eigenvalue weighted by Gasteiger charge is 2.10. The molecule has 1 N–H and O–H groups in total. The van der Waals surface area contributed by atoms with Gasteiger partial charge in [-0.05, 0) is 13.0 Å². The van der Waals surface area contributed by atoms with Crippen LogP contribution in [-0.4, -0.2) is 10.2 Å². The van der Waals surface area contributed by atoms with Crippen LogP contribution in [0.2, 0.25) is 0 Å². The van der Waals surface area contributed by atoms with Crippen molar-refractivity contribution in [1.82, 2.24) is 10.2 Å². The van der Waals surface area contributed by atoms with Gasteiger partial charge in [0.1, 0.15) is 5.76 Å². The molecule has 0 bridgehead atoms. The Kier molecular flexibility index (Phi) is 2.08. The number of nitrogens with one attached hydrogen (secondary N) is 1. The molecule has 1 aromatic carbocycles. The molecule has 17 heavy (non-hydrogen) atoms. The number of nitrogens with zero attached hydrogens (tertiary/aromatic N) is 1. The van der Waals surface area contributed by atoms with Crippen LogP contribution >= 0.6 is 0 Å². The Labute approximate surface area is 96.9 Å². The van der Waals surface area contributed by atoms with E-state index in [-0.39, 0.29) is 0 Å². The van der Waals surface area contributed by atoms with Crippen molar-refractivity contribution in [3.63, 3.8) is 0 Å². The zero-order chi connectivity index (χ0) is 11.8. The second-order valence-electron chi connectivity index (χ2n) is 3.88. The van der Waals surface area contributed by atoms with E-state index in [9.17, 15) is 4.79 Å². The maximum absolute atomic E-state index is 11.7. The number of hydrogen-bond acceptors (Lipinski definition) is 3. The zero-order valence-electron chi connectivity index (χ0n) is 9.23. The molecule has 0 amide bonds. The van der Waals surface area contributed by atoms with Gasteiger partial charge in [-0.3, -0.25) is 5.10 Å². The van der Waals surface area contributed by atoms with E-state index in [1.165, 1.54) is 0 Å².